The van der Waals surface area contributed by atoms with Crippen LogP contribution in [0.25, 0.3) is 0 Å². The van der Waals surface area contributed by atoms with Crippen molar-refractivity contribution in [2.75, 3.05) is 16.6 Å². The molecule has 0 atom stereocenters. The normalized spacial score (nSPS) is 11.2. The van der Waals surface area contributed by atoms with Crippen molar-refractivity contribution in [3.8, 4) is 0 Å². The molecule has 0 heterocycles. The second kappa shape index (κ2) is 8.95. The summed E-state index contributed by atoms with van der Waals surface area (Å²) in [5.74, 6) is -1.68. The van der Waals surface area contributed by atoms with E-state index in [1.807, 2.05) is 0 Å². The fourth-order valence-corrected chi connectivity index (χ4v) is 3.03. The number of ether oxygens (including phenoxy) is 1. The summed E-state index contributed by atoms with van der Waals surface area (Å²) in [6.45, 7) is 1.85. The Morgan fingerprint density at radius 1 is 1.00 bits per heavy atom. The van der Waals surface area contributed by atoms with E-state index >= 15 is 0 Å². The molecular formula is C18H17FN2O5S. The number of benzene rings is 2. The van der Waals surface area contributed by atoms with Gasteiger partial charge in [0.15, 0.2) is 0 Å². The molecule has 0 saturated heterocycles. The quantitative estimate of drug-likeness (QED) is 0.557. The van der Waals surface area contributed by atoms with Gasteiger partial charge in [-0.25, -0.2) is 17.6 Å². The lowest BCUT2D eigenvalue weighted by atomic mass is 10.3. The molecule has 27 heavy (non-hydrogen) atoms. The molecule has 0 saturated carbocycles. The van der Waals surface area contributed by atoms with Gasteiger partial charge in [0.05, 0.1) is 11.5 Å². The molecule has 0 bridgehead atoms. The lowest BCUT2D eigenvalue weighted by Gasteiger charge is -2.09. The van der Waals surface area contributed by atoms with Crippen LogP contribution < -0.4 is 10.0 Å². The van der Waals surface area contributed by atoms with Gasteiger partial charge in [0.1, 0.15) is 5.82 Å². The van der Waals surface area contributed by atoms with Gasteiger partial charge in [-0.3, -0.25) is 9.52 Å². The summed E-state index contributed by atoms with van der Waals surface area (Å²) in [4.78, 5) is 22.8. The topological polar surface area (TPSA) is 102 Å². The molecule has 0 aromatic heterocycles. The van der Waals surface area contributed by atoms with Crippen LogP contribution in [-0.2, 0) is 24.3 Å². The molecule has 2 rings (SSSR count). The number of amides is 1. The molecule has 142 valence electrons. The average molecular weight is 392 g/mol. The van der Waals surface area contributed by atoms with E-state index < -0.39 is 27.7 Å². The molecule has 0 radical (unpaired) electrons. The molecule has 7 nitrogen and oxygen atoms in total. The number of nitrogens with one attached hydrogen (secondary N) is 2. The number of carbonyl (C=O) groups excluding carboxylic acids is 2. The van der Waals surface area contributed by atoms with Gasteiger partial charge in [-0.05, 0) is 55.5 Å². The van der Waals surface area contributed by atoms with E-state index in [4.69, 9.17) is 0 Å². The van der Waals surface area contributed by atoms with Crippen molar-refractivity contribution in [2.45, 2.75) is 11.8 Å². The number of carbonyl (C=O) groups is 2. The standard InChI is InChI=1S/C18H17FN2O5S/c1-2-26-18(23)12-11-17(22)20-14-7-9-16(10-8-14)27(24,25)21-15-5-3-13(19)4-6-15/h3-12,21H,2H2,1H3,(H,20,22)/b12-11-. The highest BCUT2D eigenvalue weighted by atomic mass is 32.2. The van der Waals surface area contributed by atoms with Crippen LogP contribution >= 0.6 is 0 Å². The first-order valence-corrected chi connectivity index (χ1v) is 9.33. The number of anilines is 2. The first-order valence-electron chi connectivity index (χ1n) is 7.84. The summed E-state index contributed by atoms with van der Waals surface area (Å²) in [7, 11) is -3.86. The van der Waals surface area contributed by atoms with Gasteiger partial charge in [0, 0.05) is 23.5 Å². The van der Waals surface area contributed by atoms with Gasteiger partial charge in [-0.2, -0.15) is 0 Å². The molecule has 0 spiro atoms. The zero-order valence-corrected chi connectivity index (χ0v) is 15.1. The Hall–Kier alpha value is -3.20. The Morgan fingerprint density at radius 3 is 2.19 bits per heavy atom. The minimum atomic E-state index is -3.86. The van der Waals surface area contributed by atoms with Crippen molar-refractivity contribution in [2.24, 2.45) is 0 Å². The van der Waals surface area contributed by atoms with Gasteiger partial charge >= 0.3 is 5.97 Å². The number of sulfonamides is 1. The van der Waals surface area contributed by atoms with E-state index in [2.05, 4.69) is 14.8 Å². The Labute approximate surface area is 155 Å². The van der Waals surface area contributed by atoms with E-state index in [1.54, 1.807) is 6.92 Å². The van der Waals surface area contributed by atoms with Crippen molar-refractivity contribution in [1.82, 2.24) is 0 Å². The summed E-state index contributed by atoms with van der Waals surface area (Å²) in [5, 5.41) is 2.48. The van der Waals surface area contributed by atoms with Crippen LogP contribution in [0.4, 0.5) is 15.8 Å². The second-order valence-electron chi connectivity index (χ2n) is 5.21. The first kappa shape index (κ1) is 20.1. The minimum absolute atomic E-state index is 0.0353. The maximum atomic E-state index is 12.9. The molecule has 2 N–H and O–H groups in total. The maximum Gasteiger partial charge on any atom is 0.330 e. The minimum Gasteiger partial charge on any atom is -0.463 e. The molecule has 0 fully saturated rings. The molecule has 0 unspecified atom stereocenters. The number of hydrogen-bond donors (Lipinski definition) is 2. The monoisotopic (exact) mass is 392 g/mol. The molecule has 0 aliphatic rings. The van der Waals surface area contributed by atoms with Crippen molar-refractivity contribution in [3.05, 3.63) is 66.5 Å². The fourth-order valence-electron chi connectivity index (χ4n) is 1.97. The van der Waals surface area contributed by atoms with Crippen molar-refractivity contribution >= 4 is 33.3 Å². The van der Waals surface area contributed by atoms with E-state index in [-0.39, 0.29) is 17.2 Å². The van der Waals surface area contributed by atoms with Gasteiger partial charge in [0.25, 0.3) is 10.0 Å². The Bertz CT molecular complexity index is 939. The Kier molecular flexibility index (Phi) is 6.67. The van der Waals surface area contributed by atoms with Crippen molar-refractivity contribution < 1.29 is 27.1 Å². The van der Waals surface area contributed by atoms with E-state index in [1.165, 1.54) is 36.4 Å². The number of halogens is 1. The van der Waals surface area contributed by atoms with E-state index in [0.717, 1.165) is 24.3 Å². The molecule has 1 amide bonds. The van der Waals surface area contributed by atoms with Crippen LogP contribution in [0.15, 0.2) is 65.6 Å². The van der Waals surface area contributed by atoms with Crippen LogP contribution in [0.2, 0.25) is 0 Å². The molecule has 2 aromatic carbocycles. The van der Waals surface area contributed by atoms with E-state index in [0.29, 0.717) is 5.69 Å². The highest BCUT2D eigenvalue weighted by Gasteiger charge is 2.14. The molecule has 0 aliphatic carbocycles. The second-order valence-corrected chi connectivity index (χ2v) is 6.89. The van der Waals surface area contributed by atoms with Crippen LogP contribution in [0, 0.1) is 5.82 Å². The van der Waals surface area contributed by atoms with Gasteiger partial charge in [-0.1, -0.05) is 0 Å². The van der Waals surface area contributed by atoms with Crippen molar-refractivity contribution in [1.29, 1.82) is 0 Å². The summed E-state index contributed by atoms with van der Waals surface area (Å²) < 4.78 is 44.5. The zero-order valence-electron chi connectivity index (χ0n) is 14.3. The SMILES string of the molecule is CCOC(=O)/C=C\C(=O)Nc1ccc(S(=O)(=O)Nc2ccc(F)cc2)cc1. The Morgan fingerprint density at radius 2 is 1.59 bits per heavy atom. The summed E-state index contributed by atoms with van der Waals surface area (Å²) >= 11 is 0. The van der Waals surface area contributed by atoms with Gasteiger partial charge < -0.3 is 10.1 Å². The third kappa shape index (κ3) is 6.23. The van der Waals surface area contributed by atoms with Gasteiger partial charge in [0.2, 0.25) is 5.91 Å². The largest absolute Gasteiger partial charge is 0.463 e. The number of hydrogen-bond acceptors (Lipinski definition) is 5. The summed E-state index contributed by atoms with van der Waals surface area (Å²) in [5.41, 5.74) is 0.562. The highest BCUT2D eigenvalue weighted by Crippen LogP contribution is 2.18. The molecular weight excluding hydrogens is 375 g/mol. The van der Waals surface area contributed by atoms with Crippen molar-refractivity contribution in [3.63, 3.8) is 0 Å². The highest BCUT2D eigenvalue weighted by molar-refractivity contribution is 7.92. The summed E-state index contributed by atoms with van der Waals surface area (Å²) in [6, 6.07) is 10.3. The predicted molar refractivity (Wildman–Crippen MR) is 98.1 cm³/mol. The van der Waals surface area contributed by atoms with Gasteiger partial charge in [-0.15, -0.1) is 0 Å². The Balaban J connectivity index is 2.02. The van der Waals surface area contributed by atoms with Crippen LogP contribution in [0.1, 0.15) is 6.92 Å². The number of esters is 1. The lowest BCUT2D eigenvalue weighted by Crippen LogP contribution is -2.13. The van der Waals surface area contributed by atoms with Crippen LogP contribution in [0.3, 0.4) is 0 Å². The third-order valence-corrected chi connectivity index (χ3v) is 4.58. The third-order valence-electron chi connectivity index (χ3n) is 3.19. The van der Waals surface area contributed by atoms with Crippen LogP contribution in [0.5, 0.6) is 0 Å². The molecule has 9 heteroatoms. The van der Waals surface area contributed by atoms with E-state index in [9.17, 15) is 22.4 Å². The smallest absolute Gasteiger partial charge is 0.330 e. The molecule has 0 aliphatic heterocycles. The molecule has 2 aromatic rings. The lowest BCUT2D eigenvalue weighted by molar-refractivity contribution is -0.137. The zero-order chi connectivity index (χ0) is 19.9. The fraction of sp³-hybridized carbons (Fsp3) is 0.111. The van der Waals surface area contributed by atoms with Crippen LogP contribution in [-0.4, -0.2) is 26.9 Å². The number of rotatable bonds is 7. The maximum absolute atomic E-state index is 12.9. The predicted octanol–water partition coefficient (Wildman–Crippen LogP) is 2.68. The first-order chi connectivity index (χ1) is 12.8. The average Bonchev–Trinajstić information content (AvgIpc) is 2.62. The summed E-state index contributed by atoms with van der Waals surface area (Å²) in [6.07, 6.45) is 2.00.